The van der Waals surface area contributed by atoms with Gasteiger partial charge in [0.15, 0.2) is 0 Å². The number of hydrogen-bond acceptors (Lipinski definition) is 0. The molecule has 0 unspecified atom stereocenters. The van der Waals surface area contributed by atoms with Crippen molar-refractivity contribution in [2.24, 2.45) is 5.92 Å². The molecule has 0 aromatic rings. The smallest absolute Gasteiger partial charge is 0.325 e. The van der Waals surface area contributed by atoms with E-state index < -0.39 is 0 Å². The van der Waals surface area contributed by atoms with Gasteiger partial charge in [-0.2, -0.15) is 12.3 Å². The minimum atomic E-state index is 0. The Morgan fingerprint density at radius 2 is 1.90 bits per heavy atom. The van der Waals surface area contributed by atoms with Gasteiger partial charge in [0.25, 0.3) is 0 Å². The Hall–Kier alpha value is 0.597. The van der Waals surface area contributed by atoms with Crippen LogP contribution in [0.15, 0.2) is 0 Å². The van der Waals surface area contributed by atoms with Gasteiger partial charge in [-0.15, -0.1) is 0 Å². The normalized spacial score (nSPS) is 18.9. The molecule has 0 aliphatic heterocycles. The second-order valence-electron chi connectivity index (χ2n) is 3.07. The molecule has 1 aliphatic rings. The second-order valence-corrected chi connectivity index (χ2v) is 3.07. The van der Waals surface area contributed by atoms with E-state index in [0.29, 0.717) is 0 Å². The molecule has 0 amide bonds. The standard InChI is InChI=1S/C9H17.Li/c1-2-3-6-9-7-4-5-8-9;/h6,9H,2-5,7-8H2,1H3;/q-1;+1. The van der Waals surface area contributed by atoms with E-state index in [-0.39, 0.29) is 18.9 Å². The van der Waals surface area contributed by atoms with Crippen LogP contribution in [-0.4, -0.2) is 0 Å². The van der Waals surface area contributed by atoms with E-state index in [1.165, 1.54) is 38.5 Å². The summed E-state index contributed by atoms with van der Waals surface area (Å²) < 4.78 is 0. The van der Waals surface area contributed by atoms with Gasteiger partial charge in [0.05, 0.1) is 0 Å². The zero-order valence-corrected chi connectivity index (χ0v) is 7.40. The van der Waals surface area contributed by atoms with E-state index in [4.69, 9.17) is 0 Å². The quantitative estimate of drug-likeness (QED) is 0.380. The third kappa shape index (κ3) is 3.69. The summed E-state index contributed by atoms with van der Waals surface area (Å²) >= 11 is 0. The molecule has 0 spiro atoms. The van der Waals surface area contributed by atoms with Crippen LogP contribution in [0.2, 0.25) is 0 Å². The molecule has 0 bridgehead atoms. The van der Waals surface area contributed by atoms with Crippen LogP contribution in [0.5, 0.6) is 0 Å². The van der Waals surface area contributed by atoms with Crippen molar-refractivity contribution in [1.29, 1.82) is 0 Å². The monoisotopic (exact) mass is 132 g/mol. The third-order valence-corrected chi connectivity index (χ3v) is 2.19. The minimum absolute atomic E-state index is 0. The molecule has 54 valence electrons. The number of hydrogen-bond donors (Lipinski definition) is 0. The molecule has 0 radical (unpaired) electrons. The van der Waals surface area contributed by atoms with E-state index in [1.807, 2.05) is 0 Å². The molecule has 0 aromatic carbocycles. The number of rotatable bonds is 3. The molecular formula is C9H17Li. The first-order valence-corrected chi connectivity index (χ1v) is 4.27. The molecule has 1 rings (SSSR count). The Morgan fingerprint density at radius 3 is 2.40 bits per heavy atom. The third-order valence-electron chi connectivity index (χ3n) is 2.19. The zero-order chi connectivity index (χ0) is 6.53. The van der Waals surface area contributed by atoms with Gasteiger partial charge in [0, 0.05) is 0 Å². The summed E-state index contributed by atoms with van der Waals surface area (Å²) in [6.07, 6.45) is 11.1. The Morgan fingerprint density at radius 1 is 1.30 bits per heavy atom. The van der Waals surface area contributed by atoms with Crippen LogP contribution in [0, 0.1) is 12.3 Å². The molecule has 0 N–H and O–H groups in total. The average Bonchev–Trinajstić information content (AvgIpc) is 2.34. The Labute approximate surface area is 77.0 Å². The van der Waals surface area contributed by atoms with E-state index in [9.17, 15) is 0 Å². The molecule has 0 saturated heterocycles. The summed E-state index contributed by atoms with van der Waals surface area (Å²) in [5, 5.41) is 0. The van der Waals surface area contributed by atoms with Gasteiger partial charge in [-0.3, -0.25) is 0 Å². The zero-order valence-electron chi connectivity index (χ0n) is 7.40. The van der Waals surface area contributed by atoms with Gasteiger partial charge in [0.1, 0.15) is 0 Å². The summed E-state index contributed by atoms with van der Waals surface area (Å²) in [4.78, 5) is 0. The Bertz CT molecular complexity index is 65.1. The minimum Gasteiger partial charge on any atom is -0.325 e. The maximum atomic E-state index is 2.52. The van der Waals surface area contributed by atoms with E-state index in [1.54, 1.807) is 0 Å². The van der Waals surface area contributed by atoms with Gasteiger partial charge < -0.3 is 6.42 Å². The Balaban J connectivity index is 0.000000810. The van der Waals surface area contributed by atoms with Gasteiger partial charge >= 0.3 is 18.9 Å². The first-order chi connectivity index (χ1) is 4.43. The summed E-state index contributed by atoms with van der Waals surface area (Å²) in [5.41, 5.74) is 0. The van der Waals surface area contributed by atoms with Crippen LogP contribution in [0.4, 0.5) is 0 Å². The summed E-state index contributed by atoms with van der Waals surface area (Å²) in [6.45, 7) is 2.26. The second kappa shape index (κ2) is 6.32. The molecule has 0 atom stereocenters. The predicted octanol–water partition coefficient (Wildman–Crippen LogP) is 0.185. The van der Waals surface area contributed by atoms with E-state index in [0.717, 1.165) is 5.92 Å². The van der Waals surface area contributed by atoms with Crippen molar-refractivity contribution in [3.05, 3.63) is 6.42 Å². The summed E-state index contributed by atoms with van der Waals surface area (Å²) in [6, 6.07) is 0. The maximum Gasteiger partial charge on any atom is 1.00 e. The summed E-state index contributed by atoms with van der Waals surface area (Å²) in [7, 11) is 0. The van der Waals surface area contributed by atoms with Crippen LogP contribution in [-0.2, 0) is 0 Å². The molecule has 0 nitrogen and oxygen atoms in total. The molecule has 1 saturated carbocycles. The van der Waals surface area contributed by atoms with Crippen molar-refractivity contribution in [3.63, 3.8) is 0 Å². The SMILES string of the molecule is CCC[CH-]C1CCCC1.[Li+]. The van der Waals surface area contributed by atoms with Crippen LogP contribution in [0.1, 0.15) is 45.4 Å². The van der Waals surface area contributed by atoms with Crippen LogP contribution in [0.3, 0.4) is 0 Å². The Kier molecular flexibility index (Phi) is 6.69. The fourth-order valence-corrected chi connectivity index (χ4v) is 1.60. The summed E-state index contributed by atoms with van der Waals surface area (Å²) in [5.74, 6) is 0.991. The predicted molar refractivity (Wildman–Crippen MR) is 41.2 cm³/mol. The van der Waals surface area contributed by atoms with Crippen molar-refractivity contribution in [1.82, 2.24) is 0 Å². The largest absolute Gasteiger partial charge is 1.00 e. The van der Waals surface area contributed by atoms with E-state index >= 15 is 0 Å². The first-order valence-electron chi connectivity index (χ1n) is 4.27. The maximum absolute atomic E-state index is 2.52. The van der Waals surface area contributed by atoms with Crippen molar-refractivity contribution < 1.29 is 18.9 Å². The molecule has 1 fully saturated rings. The molecular weight excluding hydrogens is 115 g/mol. The van der Waals surface area contributed by atoms with Crippen molar-refractivity contribution in [2.45, 2.75) is 45.4 Å². The van der Waals surface area contributed by atoms with Gasteiger partial charge in [-0.25, -0.2) is 0 Å². The van der Waals surface area contributed by atoms with Crippen LogP contribution < -0.4 is 18.9 Å². The van der Waals surface area contributed by atoms with Gasteiger partial charge in [-0.1, -0.05) is 39.0 Å². The van der Waals surface area contributed by atoms with Crippen molar-refractivity contribution in [2.75, 3.05) is 0 Å². The molecule has 0 aromatic heterocycles. The van der Waals surface area contributed by atoms with Gasteiger partial charge in [-0.05, 0) is 0 Å². The molecule has 0 heterocycles. The number of unbranched alkanes of at least 4 members (excludes halogenated alkanes) is 1. The molecule has 1 heteroatoms. The average molecular weight is 132 g/mol. The first kappa shape index (κ1) is 10.6. The van der Waals surface area contributed by atoms with Crippen LogP contribution >= 0.6 is 0 Å². The topological polar surface area (TPSA) is 0 Å². The fraction of sp³-hybridized carbons (Fsp3) is 0.889. The fourth-order valence-electron chi connectivity index (χ4n) is 1.60. The van der Waals surface area contributed by atoms with Crippen molar-refractivity contribution in [3.8, 4) is 0 Å². The van der Waals surface area contributed by atoms with Crippen LogP contribution in [0.25, 0.3) is 0 Å². The molecule has 10 heavy (non-hydrogen) atoms. The van der Waals surface area contributed by atoms with Crippen molar-refractivity contribution >= 4 is 0 Å². The van der Waals surface area contributed by atoms with Gasteiger partial charge in [0.2, 0.25) is 0 Å². The molecule has 1 aliphatic carbocycles. The van der Waals surface area contributed by atoms with E-state index in [2.05, 4.69) is 13.3 Å².